The van der Waals surface area contributed by atoms with Gasteiger partial charge in [0.2, 0.25) is 5.91 Å². The number of benzene rings is 1. The summed E-state index contributed by atoms with van der Waals surface area (Å²) in [6.07, 6.45) is 0.733. The van der Waals surface area contributed by atoms with Gasteiger partial charge in [-0.3, -0.25) is 9.69 Å². The van der Waals surface area contributed by atoms with Crippen molar-refractivity contribution >= 4 is 17.5 Å². The summed E-state index contributed by atoms with van der Waals surface area (Å²) in [4.78, 5) is 13.2. The normalized spacial score (nSPS) is 23.0. The van der Waals surface area contributed by atoms with E-state index >= 15 is 0 Å². The van der Waals surface area contributed by atoms with Crippen LogP contribution in [0.5, 0.6) is 0 Å². The quantitative estimate of drug-likeness (QED) is 0.891. The van der Waals surface area contributed by atoms with Crippen LogP contribution in [0.3, 0.4) is 0 Å². The molecule has 1 amide bonds. The van der Waals surface area contributed by atoms with Crippen LogP contribution in [0.15, 0.2) is 18.2 Å². The van der Waals surface area contributed by atoms with Gasteiger partial charge in [-0.2, -0.15) is 0 Å². The van der Waals surface area contributed by atoms with Gasteiger partial charge in [-0.25, -0.2) is 4.39 Å². The molecule has 2 N–H and O–H groups in total. The first-order chi connectivity index (χ1) is 10.0. The van der Waals surface area contributed by atoms with Crippen LogP contribution in [-0.4, -0.2) is 41.7 Å². The maximum Gasteiger partial charge on any atom is 0.217 e. The minimum atomic E-state index is -0.313. The smallest absolute Gasteiger partial charge is 0.217 e. The highest BCUT2D eigenvalue weighted by molar-refractivity contribution is 6.31. The summed E-state index contributed by atoms with van der Waals surface area (Å²) in [7, 11) is 0. The molecule has 1 heterocycles. The molecule has 1 saturated heterocycles. The number of hydrogen-bond donors (Lipinski definition) is 2. The van der Waals surface area contributed by atoms with Gasteiger partial charge in [-0.05, 0) is 18.6 Å². The van der Waals surface area contributed by atoms with Crippen LogP contribution < -0.4 is 5.32 Å². The monoisotopic (exact) mass is 314 g/mol. The highest BCUT2D eigenvalue weighted by atomic mass is 35.5. The van der Waals surface area contributed by atoms with Crippen molar-refractivity contribution in [2.45, 2.75) is 25.9 Å². The number of likely N-dealkylation sites (tertiary alicyclic amines) is 1. The fourth-order valence-electron chi connectivity index (χ4n) is 2.79. The number of aliphatic hydroxyl groups is 1. The van der Waals surface area contributed by atoms with Crippen LogP contribution in [0.2, 0.25) is 5.02 Å². The first-order valence-electron chi connectivity index (χ1n) is 7.04. The van der Waals surface area contributed by atoms with Crippen molar-refractivity contribution < 1.29 is 14.3 Å². The average molecular weight is 315 g/mol. The third-order valence-corrected chi connectivity index (χ3v) is 4.24. The summed E-state index contributed by atoms with van der Waals surface area (Å²) >= 11 is 6.04. The Kier molecular flexibility index (Phi) is 5.56. The number of amides is 1. The van der Waals surface area contributed by atoms with Gasteiger partial charge in [0.05, 0.1) is 0 Å². The van der Waals surface area contributed by atoms with E-state index in [-0.39, 0.29) is 30.3 Å². The minimum Gasteiger partial charge on any atom is -0.396 e. The standard InChI is InChI=1S/C15H20ClFN2O2/c1-10(21)18-15-5-6-19(7-11(15)9-20)8-12-13(16)3-2-4-14(12)17/h2-4,11,15,20H,5-9H2,1H3,(H,18,21). The molecule has 6 heteroatoms. The largest absolute Gasteiger partial charge is 0.396 e. The molecule has 2 atom stereocenters. The Balaban J connectivity index is 2.02. The zero-order chi connectivity index (χ0) is 15.4. The van der Waals surface area contributed by atoms with E-state index in [0.29, 0.717) is 23.7 Å². The highest BCUT2D eigenvalue weighted by Gasteiger charge is 2.29. The second kappa shape index (κ2) is 7.20. The Morgan fingerprint density at radius 3 is 2.95 bits per heavy atom. The number of aliphatic hydroxyl groups excluding tert-OH is 1. The number of piperidine rings is 1. The van der Waals surface area contributed by atoms with E-state index < -0.39 is 0 Å². The summed E-state index contributed by atoms with van der Waals surface area (Å²) in [5.74, 6) is -0.454. The topological polar surface area (TPSA) is 52.6 Å². The van der Waals surface area contributed by atoms with E-state index in [1.807, 2.05) is 0 Å². The second-order valence-electron chi connectivity index (χ2n) is 5.47. The summed E-state index contributed by atoms with van der Waals surface area (Å²) in [6.45, 7) is 3.21. The van der Waals surface area contributed by atoms with Crippen molar-refractivity contribution in [3.05, 3.63) is 34.6 Å². The molecular weight excluding hydrogens is 295 g/mol. The zero-order valence-electron chi connectivity index (χ0n) is 12.0. The fraction of sp³-hybridized carbons (Fsp3) is 0.533. The molecule has 1 fully saturated rings. The molecule has 4 nitrogen and oxygen atoms in total. The van der Waals surface area contributed by atoms with Gasteiger partial charge in [0.15, 0.2) is 0 Å². The number of carbonyl (C=O) groups is 1. The Morgan fingerprint density at radius 2 is 2.33 bits per heavy atom. The lowest BCUT2D eigenvalue weighted by Gasteiger charge is -2.38. The van der Waals surface area contributed by atoms with Gasteiger partial charge in [-0.15, -0.1) is 0 Å². The number of nitrogens with one attached hydrogen (secondary N) is 1. The maximum absolute atomic E-state index is 13.8. The van der Waals surface area contributed by atoms with Crippen LogP contribution in [0.25, 0.3) is 0 Å². The number of halogens is 2. The Morgan fingerprint density at radius 1 is 1.57 bits per heavy atom. The van der Waals surface area contributed by atoms with Crippen LogP contribution >= 0.6 is 11.6 Å². The Hall–Kier alpha value is -1.17. The number of hydrogen-bond acceptors (Lipinski definition) is 3. The number of rotatable bonds is 4. The molecule has 0 spiro atoms. The van der Waals surface area contributed by atoms with Gasteiger partial charge >= 0.3 is 0 Å². The van der Waals surface area contributed by atoms with Crippen LogP contribution in [0, 0.1) is 11.7 Å². The molecule has 0 bridgehead atoms. The Bertz CT molecular complexity index is 492. The average Bonchev–Trinajstić information content (AvgIpc) is 2.44. The molecule has 116 valence electrons. The van der Waals surface area contributed by atoms with Gasteiger partial charge in [-0.1, -0.05) is 17.7 Å². The third kappa shape index (κ3) is 4.15. The summed E-state index contributed by atoms with van der Waals surface area (Å²) in [5.41, 5.74) is 0.480. The predicted molar refractivity (Wildman–Crippen MR) is 79.5 cm³/mol. The summed E-state index contributed by atoms with van der Waals surface area (Å²) < 4.78 is 13.8. The van der Waals surface area contributed by atoms with Crippen molar-refractivity contribution in [3.63, 3.8) is 0 Å². The molecule has 0 saturated carbocycles. The first-order valence-corrected chi connectivity index (χ1v) is 7.42. The van der Waals surface area contributed by atoms with E-state index in [4.69, 9.17) is 11.6 Å². The zero-order valence-corrected chi connectivity index (χ0v) is 12.7. The van der Waals surface area contributed by atoms with Crippen molar-refractivity contribution in [3.8, 4) is 0 Å². The van der Waals surface area contributed by atoms with Gasteiger partial charge < -0.3 is 10.4 Å². The molecule has 2 rings (SSSR count). The van der Waals surface area contributed by atoms with Crippen molar-refractivity contribution in [2.75, 3.05) is 19.7 Å². The molecule has 1 aliphatic heterocycles. The van der Waals surface area contributed by atoms with Crippen molar-refractivity contribution in [1.29, 1.82) is 0 Å². The van der Waals surface area contributed by atoms with E-state index in [9.17, 15) is 14.3 Å². The van der Waals surface area contributed by atoms with Crippen molar-refractivity contribution in [2.24, 2.45) is 5.92 Å². The SMILES string of the molecule is CC(=O)NC1CCN(Cc2c(F)cccc2Cl)CC1CO. The minimum absolute atomic E-state index is 0.00749. The van der Waals surface area contributed by atoms with Gasteiger partial charge in [0.1, 0.15) is 5.82 Å². The predicted octanol–water partition coefficient (Wildman–Crippen LogP) is 1.80. The Labute approximate surface area is 128 Å². The molecule has 0 aromatic heterocycles. The maximum atomic E-state index is 13.8. The molecule has 1 aromatic carbocycles. The lowest BCUT2D eigenvalue weighted by molar-refractivity contribution is -0.120. The van der Waals surface area contributed by atoms with Crippen LogP contribution in [-0.2, 0) is 11.3 Å². The molecule has 0 aliphatic carbocycles. The molecule has 0 radical (unpaired) electrons. The number of carbonyl (C=O) groups excluding carboxylic acids is 1. The van der Waals surface area contributed by atoms with E-state index in [1.165, 1.54) is 13.0 Å². The van der Waals surface area contributed by atoms with Crippen LogP contribution in [0.4, 0.5) is 4.39 Å². The molecule has 1 aromatic rings. The van der Waals surface area contributed by atoms with E-state index in [0.717, 1.165) is 13.0 Å². The molecular formula is C15H20ClFN2O2. The lowest BCUT2D eigenvalue weighted by atomic mass is 9.92. The van der Waals surface area contributed by atoms with Crippen LogP contribution in [0.1, 0.15) is 18.9 Å². The third-order valence-electron chi connectivity index (χ3n) is 3.88. The highest BCUT2D eigenvalue weighted by Crippen LogP contribution is 2.24. The van der Waals surface area contributed by atoms with Gasteiger partial charge in [0, 0.05) is 55.7 Å². The fourth-order valence-corrected chi connectivity index (χ4v) is 3.02. The summed E-state index contributed by atoms with van der Waals surface area (Å²) in [5, 5.41) is 12.8. The summed E-state index contributed by atoms with van der Waals surface area (Å²) in [6, 6.07) is 4.63. The first kappa shape index (κ1) is 16.2. The molecule has 2 unspecified atom stereocenters. The van der Waals surface area contributed by atoms with E-state index in [1.54, 1.807) is 12.1 Å². The lowest BCUT2D eigenvalue weighted by Crippen LogP contribution is -2.51. The van der Waals surface area contributed by atoms with E-state index in [2.05, 4.69) is 10.2 Å². The molecule has 21 heavy (non-hydrogen) atoms. The molecule has 1 aliphatic rings. The van der Waals surface area contributed by atoms with Gasteiger partial charge in [0.25, 0.3) is 0 Å². The number of nitrogens with zero attached hydrogens (tertiary/aromatic N) is 1. The van der Waals surface area contributed by atoms with Crippen molar-refractivity contribution in [1.82, 2.24) is 10.2 Å². The second-order valence-corrected chi connectivity index (χ2v) is 5.88.